The van der Waals surface area contributed by atoms with Gasteiger partial charge in [-0.2, -0.15) is 15.2 Å². The van der Waals surface area contributed by atoms with E-state index in [0.717, 1.165) is 11.3 Å². The number of carbonyl (C=O) groups excluding carboxylic acids is 1. The minimum absolute atomic E-state index is 0.337. The summed E-state index contributed by atoms with van der Waals surface area (Å²) in [7, 11) is 0. The van der Waals surface area contributed by atoms with E-state index in [4.69, 9.17) is 11.0 Å². The Labute approximate surface area is 104 Å². The predicted molar refractivity (Wildman–Crippen MR) is 65.5 cm³/mol. The fraction of sp³-hybridized carbons (Fsp3) is 0.0833. The third-order valence-electron chi connectivity index (χ3n) is 2.35. The van der Waals surface area contributed by atoms with Crippen molar-refractivity contribution in [3.63, 3.8) is 0 Å². The van der Waals surface area contributed by atoms with Gasteiger partial charge in [-0.1, -0.05) is 12.1 Å². The van der Waals surface area contributed by atoms with Crippen molar-refractivity contribution in [3.8, 4) is 6.07 Å². The number of rotatable bonds is 4. The van der Waals surface area contributed by atoms with Crippen LogP contribution in [0.4, 0.5) is 5.69 Å². The van der Waals surface area contributed by atoms with Gasteiger partial charge in [0.25, 0.3) is 5.91 Å². The fourth-order valence-corrected chi connectivity index (χ4v) is 1.43. The van der Waals surface area contributed by atoms with Gasteiger partial charge in [-0.15, -0.1) is 0 Å². The summed E-state index contributed by atoms with van der Waals surface area (Å²) in [6.07, 6.45) is 3.28. The summed E-state index contributed by atoms with van der Waals surface area (Å²) in [6, 6.07) is 9.45. The summed E-state index contributed by atoms with van der Waals surface area (Å²) in [4.78, 5) is 12.3. The number of carbonyl (C=O) groups is 1. The van der Waals surface area contributed by atoms with Gasteiger partial charge in [0.05, 0.1) is 36.1 Å². The van der Waals surface area contributed by atoms with Crippen LogP contribution in [0.2, 0.25) is 0 Å². The van der Waals surface area contributed by atoms with Gasteiger partial charge in [0.1, 0.15) is 0 Å². The maximum atomic E-state index is 10.9. The van der Waals surface area contributed by atoms with Crippen molar-refractivity contribution < 1.29 is 4.79 Å². The molecular weight excluding hydrogens is 230 g/mol. The molecule has 0 unspecified atom stereocenters. The first-order valence-corrected chi connectivity index (χ1v) is 5.26. The standard InChI is InChI=1S/C12H11N5O/c13-6-5-9-1-3-11(4-2-9)16-17-8-10(7-15-17)12(14)18/h1-4,7-8,16H,5H2,(H2,14,18). The van der Waals surface area contributed by atoms with Crippen LogP contribution in [-0.2, 0) is 6.42 Å². The molecule has 0 fully saturated rings. The van der Waals surface area contributed by atoms with Gasteiger partial charge in [-0.05, 0) is 17.7 Å². The molecule has 0 atom stereocenters. The van der Waals surface area contributed by atoms with Crippen molar-refractivity contribution in [2.24, 2.45) is 5.73 Å². The van der Waals surface area contributed by atoms with Crippen LogP contribution in [0.5, 0.6) is 0 Å². The van der Waals surface area contributed by atoms with E-state index in [9.17, 15) is 4.79 Å². The topological polar surface area (TPSA) is 96.7 Å². The smallest absolute Gasteiger partial charge is 0.251 e. The first-order chi connectivity index (χ1) is 8.69. The molecule has 2 rings (SSSR count). The third kappa shape index (κ3) is 2.65. The molecule has 0 bridgehead atoms. The van der Waals surface area contributed by atoms with Crippen LogP contribution >= 0.6 is 0 Å². The van der Waals surface area contributed by atoms with Gasteiger partial charge >= 0.3 is 0 Å². The van der Waals surface area contributed by atoms with Crippen LogP contribution in [0.25, 0.3) is 0 Å². The second-order valence-corrected chi connectivity index (χ2v) is 3.68. The average molecular weight is 241 g/mol. The predicted octanol–water partition coefficient (Wildman–Crippen LogP) is 0.923. The van der Waals surface area contributed by atoms with E-state index in [1.54, 1.807) is 0 Å². The van der Waals surface area contributed by atoms with Crippen molar-refractivity contribution in [2.45, 2.75) is 6.42 Å². The van der Waals surface area contributed by atoms with Crippen molar-refractivity contribution in [2.75, 3.05) is 5.43 Å². The quantitative estimate of drug-likeness (QED) is 0.831. The highest BCUT2D eigenvalue weighted by Crippen LogP contribution is 2.10. The number of hydrogen-bond donors (Lipinski definition) is 2. The van der Waals surface area contributed by atoms with Gasteiger partial charge in [-0.25, -0.2) is 0 Å². The molecule has 0 aliphatic heterocycles. The lowest BCUT2D eigenvalue weighted by Crippen LogP contribution is -2.11. The number of nitrogens with zero attached hydrogens (tertiary/aromatic N) is 3. The highest BCUT2D eigenvalue weighted by Gasteiger charge is 2.03. The molecule has 0 aliphatic rings. The lowest BCUT2D eigenvalue weighted by atomic mass is 10.1. The first-order valence-electron chi connectivity index (χ1n) is 5.26. The van der Waals surface area contributed by atoms with E-state index >= 15 is 0 Å². The minimum atomic E-state index is -0.521. The van der Waals surface area contributed by atoms with Crippen LogP contribution in [0.15, 0.2) is 36.7 Å². The summed E-state index contributed by atoms with van der Waals surface area (Å²) in [5.41, 5.74) is 10.2. The third-order valence-corrected chi connectivity index (χ3v) is 2.35. The molecule has 90 valence electrons. The molecule has 18 heavy (non-hydrogen) atoms. The van der Waals surface area contributed by atoms with E-state index in [1.807, 2.05) is 24.3 Å². The largest absolute Gasteiger partial charge is 0.365 e. The van der Waals surface area contributed by atoms with Crippen molar-refractivity contribution in [1.29, 1.82) is 5.26 Å². The zero-order valence-corrected chi connectivity index (χ0v) is 9.50. The molecular formula is C12H11N5O. The lowest BCUT2D eigenvalue weighted by Gasteiger charge is -2.05. The van der Waals surface area contributed by atoms with E-state index in [-0.39, 0.29) is 0 Å². The number of nitrogens with two attached hydrogens (primary N) is 1. The molecule has 0 spiro atoms. The number of nitrogens with one attached hydrogen (secondary N) is 1. The first kappa shape index (κ1) is 11.7. The Morgan fingerprint density at radius 2 is 2.17 bits per heavy atom. The van der Waals surface area contributed by atoms with E-state index in [1.165, 1.54) is 17.2 Å². The van der Waals surface area contributed by atoms with Crippen LogP contribution in [-0.4, -0.2) is 15.8 Å². The van der Waals surface area contributed by atoms with Crippen LogP contribution in [0, 0.1) is 11.3 Å². The summed E-state index contributed by atoms with van der Waals surface area (Å²) in [6.45, 7) is 0. The number of benzene rings is 1. The zero-order chi connectivity index (χ0) is 13.0. The monoisotopic (exact) mass is 241 g/mol. The van der Waals surface area contributed by atoms with Crippen molar-refractivity contribution in [1.82, 2.24) is 9.89 Å². The summed E-state index contributed by atoms with van der Waals surface area (Å²) in [5, 5.41) is 12.5. The molecule has 3 N–H and O–H groups in total. The number of primary amides is 1. The van der Waals surface area contributed by atoms with Crippen LogP contribution in [0.1, 0.15) is 15.9 Å². The van der Waals surface area contributed by atoms with E-state index in [0.29, 0.717) is 12.0 Å². The molecule has 0 aliphatic carbocycles. The van der Waals surface area contributed by atoms with Gasteiger partial charge in [0, 0.05) is 0 Å². The van der Waals surface area contributed by atoms with Crippen molar-refractivity contribution >= 4 is 11.6 Å². The molecule has 1 aromatic heterocycles. The molecule has 1 amide bonds. The Morgan fingerprint density at radius 3 is 2.72 bits per heavy atom. The van der Waals surface area contributed by atoms with Gasteiger partial charge < -0.3 is 5.73 Å². The molecule has 6 heteroatoms. The zero-order valence-electron chi connectivity index (χ0n) is 9.50. The number of anilines is 1. The van der Waals surface area contributed by atoms with Gasteiger partial charge in [0.2, 0.25) is 0 Å². The van der Waals surface area contributed by atoms with Gasteiger partial charge in [-0.3, -0.25) is 10.2 Å². The molecule has 0 radical (unpaired) electrons. The highest BCUT2D eigenvalue weighted by molar-refractivity contribution is 5.92. The Balaban J connectivity index is 2.08. The summed E-state index contributed by atoms with van der Waals surface area (Å²) >= 11 is 0. The Bertz CT molecular complexity index is 594. The highest BCUT2D eigenvalue weighted by atomic mass is 16.1. The normalized spacial score (nSPS) is 9.72. The SMILES string of the molecule is N#CCc1ccc(Nn2cc(C(N)=O)cn2)cc1. The molecule has 0 saturated carbocycles. The Hall–Kier alpha value is -2.81. The van der Waals surface area contributed by atoms with Crippen molar-refractivity contribution in [3.05, 3.63) is 47.8 Å². The second-order valence-electron chi connectivity index (χ2n) is 3.68. The number of nitriles is 1. The maximum absolute atomic E-state index is 10.9. The molecule has 6 nitrogen and oxygen atoms in total. The van der Waals surface area contributed by atoms with Crippen LogP contribution < -0.4 is 11.2 Å². The lowest BCUT2D eigenvalue weighted by molar-refractivity contribution is 0.100. The minimum Gasteiger partial charge on any atom is -0.365 e. The molecule has 0 saturated heterocycles. The average Bonchev–Trinajstić information content (AvgIpc) is 2.81. The summed E-state index contributed by atoms with van der Waals surface area (Å²) < 4.78 is 0. The van der Waals surface area contributed by atoms with Gasteiger partial charge in [0.15, 0.2) is 0 Å². The molecule has 1 aromatic carbocycles. The maximum Gasteiger partial charge on any atom is 0.251 e. The fourth-order valence-electron chi connectivity index (χ4n) is 1.43. The van der Waals surface area contributed by atoms with E-state index in [2.05, 4.69) is 16.6 Å². The number of aromatic nitrogens is 2. The Kier molecular flexibility index (Phi) is 3.25. The number of amides is 1. The second kappa shape index (κ2) is 5.01. The summed E-state index contributed by atoms with van der Waals surface area (Å²) in [5.74, 6) is -0.521. The Morgan fingerprint density at radius 1 is 1.44 bits per heavy atom. The number of hydrogen-bond acceptors (Lipinski definition) is 4. The van der Waals surface area contributed by atoms with E-state index < -0.39 is 5.91 Å². The van der Waals surface area contributed by atoms with Crippen LogP contribution in [0.3, 0.4) is 0 Å². The molecule has 2 aromatic rings. The molecule has 1 heterocycles.